The molecule has 0 saturated heterocycles. The first-order valence-electron chi connectivity index (χ1n) is 14.1. The third kappa shape index (κ3) is 3.60. The minimum atomic E-state index is -0.212. The molecule has 6 aromatic rings. The fourth-order valence-corrected chi connectivity index (χ4v) is 6.43. The van der Waals surface area contributed by atoms with Crippen LogP contribution in [-0.4, -0.2) is 48.9 Å². The number of benzene rings is 4. The van der Waals surface area contributed by atoms with E-state index in [2.05, 4.69) is 0 Å². The predicted molar refractivity (Wildman–Crippen MR) is 164 cm³/mol. The standard InChI is InChI=1S/C34H26O12/c1-39-13-5-18(35)26-23(7-13)43-11-16-15-9-21(38)33(42-4)29(30(15)45-31(16)26)28-22(41-3)10-20(37)25-17-12-44-24-8-14(40-2)6-19(36)27(24)32(17)46-34(25)28/h5-10,35-38H,11-12H2,1-4H3. The topological polar surface area (TPSA) is 163 Å². The van der Waals surface area contributed by atoms with Crippen LogP contribution in [0.4, 0.5) is 0 Å². The molecule has 0 amide bonds. The van der Waals surface area contributed by atoms with Gasteiger partial charge in [-0.25, -0.2) is 0 Å². The number of methoxy groups -OCH3 is 4. The first kappa shape index (κ1) is 27.5. The van der Waals surface area contributed by atoms with Gasteiger partial charge >= 0.3 is 0 Å². The summed E-state index contributed by atoms with van der Waals surface area (Å²) in [4.78, 5) is 0. The van der Waals surface area contributed by atoms with Crippen LogP contribution in [-0.2, 0) is 13.2 Å². The van der Waals surface area contributed by atoms with Crippen molar-refractivity contribution in [3.63, 3.8) is 0 Å². The third-order valence-corrected chi connectivity index (χ3v) is 8.47. The summed E-state index contributed by atoms with van der Waals surface area (Å²) in [6.45, 7) is 0.0843. The number of ether oxygens (including phenoxy) is 6. The molecule has 4 aromatic carbocycles. The van der Waals surface area contributed by atoms with Gasteiger partial charge in [0.15, 0.2) is 17.1 Å². The smallest absolute Gasteiger partial charge is 0.172 e. The average Bonchev–Trinajstić information content (AvgIpc) is 3.62. The Hall–Kier alpha value is -6.04. The van der Waals surface area contributed by atoms with E-state index in [0.717, 1.165) is 0 Å². The molecule has 0 unspecified atom stereocenters. The maximum absolute atomic E-state index is 11.3. The highest BCUT2D eigenvalue weighted by Crippen LogP contribution is 2.58. The van der Waals surface area contributed by atoms with E-state index in [-0.39, 0.29) is 75.8 Å². The van der Waals surface area contributed by atoms with Gasteiger partial charge in [0, 0.05) is 46.8 Å². The van der Waals surface area contributed by atoms with Crippen LogP contribution in [0.3, 0.4) is 0 Å². The fraction of sp³-hybridized carbons (Fsp3) is 0.176. The fourth-order valence-electron chi connectivity index (χ4n) is 6.43. The van der Waals surface area contributed by atoms with Gasteiger partial charge < -0.3 is 57.7 Å². The van der Waals surface area contributed by atoms with Crippen molar-refractivity contribution >= 4 is 21.9 Å². The Morgan fingerprint density at radius 2 is 1.13 bits per heavy atom. The third-order valence-electron chi connectivity index (χ3n) is 8.47. The number of rotatable bonds is 5. The molecule has 234 valence electrons. The summed E-state index contributed by atoms with van der Waals surface area (Å²) >= 11 is 0. The molecule has 2 aromatic heterocycles. The molecule has 0 radical (unpaired) electrons. The highest BCUT2D eigenvalue weighted by atomic mass is 16.5. The number of hydrogen-bond donors (Lipinski definition) is 4. The Bertz CT molecular complexity index is 2260. The first-order chi connectivity index (χ1) is 22.3. The lowest BCUT2D eigenvalue weighted by molar-refractivity contribution is 0.294. The summed E-state index contributed by atoms with van der Waals surface area (Å²) in [5.41, 5.74) is 2.66. The van der Waals surface area contributed by atoms with E-state index >= 15 is 0 Å². The van der Waals surface area contributed by atoms with Crippen molar-refractivity contribution in [3.05, 3.63) is 47.5 Å². The summed E-state index contributed by atoms with van der Waals surface area (Å²) in [6.07, 6.45) is 0. The lowest BCUT2D eigenvalue weighted by Crippen LogP contribution is -2.04. The van der Waals surface area contributed by atoms with Gasteiger partial charge in [-0.15, -0.1) is 0 Å². The van der Waals surface area contributed by atoms with E-state index < -0.39 is 0 Å². The summed E-state index contributed by atoms with van der Waals surface area (Å²) in [6, 6.07) is 9.09. The Morgan fingerprint density at radius 3 is 1.72 bits per heavy atom. The quantitative estimate of drug-likeness (QED) is 0.158. The van der Waals surface area contributed by atoms with Crippen LogP contribution in [0.15, 0.2) is 45.2 Å². The van der Waals surface area contributed by atoms with Gasteiger partial charge in [0.05, 0.1) is 45.0 Å². The maximum atomic E-state index is 11.3. The monoisotopic (exact) mass is 626 g/mol. The Kier molecular flexibility index (Phi) is 5.82. The largest absolute Gasteiger partial charge is 0.507 e. The lowest BCUT2D eigenvalue weighted by Gasteiger charge is -2.18. The first-order valence-corrected chi connectivity index (χ1v) is 14.1. The number of furan rings is 2. The zero-order valence-electron chi connectivity index (χ0n) is 24.9. The average molecular weight is 627 g/mol. The van der Waals surface area contributed by atoms with Crippen LogP contribution in [0.2, 0.25) is 0 Å². The van der Waals surface area contributed by atoms with Crippen LogP contribution in [0.5, 0.6) is 57.5 Å². The van der Waals surface area contributed by atoms with Crippen LogP contribution in [0.1, 0.15) is 11.1 Å². The molecule has 12 heteroatoms. The zero-order chi connectivity index (χ0) is 32.0. The second-order valence-corrected chi connectivity index (χ2v) is 10.8. The number of fused-ring (bicyclic) bond motifs is 10. The molecule has 4 heterocycles. The van der Waals surface area contributed by atoms with E-state index in [9.17, 15) is 20.4 Å². The van der Waals surface area contributed by atoms with Gasteiger partial charge in [-0.3, -0.25) is 0 Å². The van der Waals surface area contributed by atoms with E-state index in [0.29, 0.717) is 61.8 Å². The molecule has 0 bridgehead atoms. The van der Waals surface area contributed by atoms with Gasteiger partial charge in [0.25, 0.3) is 0 Å². The van der Waals surface area contributed by atoms with E-state index in [1.165, 1.54) is 52.7 Å². The molecule has 0 saturated carbocycles. The van der Waals surface area contributed by atoms with Crippen molar-refractivity contribution in [2.75, 3.05) is 28.4 Å². The van der Waals surface area contributed by atoms with Crippen LogP contribution < -0.4 is 28.4 Å². The zero-order valence-corrected chi connectivity index (χ0v) is 24.9. The summed E-state index contributed by atoms with van der Waals surface area (Å²) in [7, 11) is 5.79. The molecule has 8 rings (SSSR count). The van der Waals surface area contributed by atoms with Crippen molar-refractivity contribution in [3.8, 4) is 91.3 Å². The molecular formula is C34H26O12. The number of hydrogen-bond acceptors (Lipinski definition) is 12. The van der Waals surface area contributed by atoms with Crippen molar-refractivity contribution in [1.29, 1.82) is 0 Å². The molecule has 0 atom stereocenters. The molecule has 4 N–H and O–H groups in total. The Labute approximate surface area is 260 Å². The van der Waals surface area contributed by atoms with Crippen molar-refractivity contribution in [2.24, 2.45) is 0 Å². The SMILES string of the molecule is COc1cc(O)c2c(c1)OCc1c-2oc2c(-c3c(OC)cc(O)c4c5c(oc34)-c3c(O)cc(OC)cc3OC5)c(OC)c(O)cc12. The number of aromatic hydroxyl groups is 4. The highest BCUT2D eigenvalue weighted by Gasteiger charge is 2.36. The van der Waals surface area contributed by atoms with Crippen LogP contribution >= 0.6 is 0 Å². The molecule has 46 heavy (non-hydrogen) atoms. The molecule has 0 fully saturated rings. The van der Waals surface area contributed by atoms with Gasteiger partial charge in [-0.2, -0.15) is 0 Å². The molecule has 0 aliphatic carbocycles. The molecule has 0 spiro atoms. The Balaban J connectivity index is 1.47. The van der Waals surface area contributed by atoms with Gasteiger partial charge in [0.1, 0.15) is 87.4 Å². The highest BCUT2D eigenvalue weighted by molar-refractivity contribution is 6.12. The van der Waals surface area contributed by atoms with E-state index in [4.69, 9.17) is 37.3 Å². The minimum absolute atomic E-state index is 0.0137. The van der Waals surface area contributed by atoms with Gasteiger partial charge in [0.2, 0.25) is 0 Å². The predicted octanol–water partition coefficient (Wildman–Crippen LogP) is 6.82. The van der Waals surface area contributed by atoms with Crippen molar-refractivity contribution < 1.29 is 57.7 Å². The summed E-state index contributed by atoms with van der Waals surface area (Å²) in [5.74, 6) is 1.69. The second-order valence-electron chi connectivity index (χ2n) is 10.8. The molecular weight excluding hydrogens is 600 g/mol. The van der Waals surface area contributed by atoms with E-state index in [1.807, 2.05) is 0 Å². The minimum Gasteiger partial charge on any atom is -0.507 e. The van der Waals surface area contributed by atoms with Crippen LogP contribution in [0.25, 0.3) is 55.7 Å². The molecule has 2 aliphatic rings. The molecule has 2 aliphatic heterocycles. The van der Waals surface area contributed by atoms with Gasteiger partial charge in [-0.05, 0) is 6.07 Å². The normalized spacial score (nSPS) is 12.9. The maximum Gasteiger partial charge on any atom is 0.172 e. The van der Waals surface area contributed by atoms with Crippen LogP contribution in [0, 0.1) is 0 Å². The molecule has 12 nitrogen and oxygen atoms in total. The van der Waals surface area contributed by atoms with Crippen molar-refractivity contribution in [2.45, 2.75) is 13.2 Å². The number of phenols is 4. The summed E-state index contributed by atoms with van der Waals surface area (Å²) in [5, 5.41) is 45.3. The number of phenolic OH excluding ortho intramolecular Hbond substituents is 4. The van der Waals surface area contributed by atoms with Crippen molar-refractivity contribution in [1.82, 2.24) is 0 Å². The summed E-state index contributed by atoms with van der Waals surface area (Å²) < 4.78 is 47.0. The Morgan fingerprint density at radius 1 is 0.543 bits per heavy atom. The second kappa shape index (κ2) is 9.73. The lowest BCUT2D eigenvalue weighted by atomic mass is 9.94. The van der Waals surface area contributed by atoms with E-state index in [1.54, 1.807) is 12.1 Å². The van der Waals surface area contributed by atoms with Gasteiger partial charge in [-0.1, -0.05) is 0 Å².